The maximum absolute atomic E-state index is 3.94. The third-order valence-electron chi connectivity index (χ3n) is 2.25. The Morgan fingerprint density at radius 2 is 2.11 bits per heavy atom. The van der Waals surface area contributed by atoms with Gasteiger partial charge in [-0.05, 0) is 0 Å². The number of fused-ring (bicyclic) bond motifs is 2. The van der Waals surface area contributed by atoms with Crippen LogP contribution in [0.25, 0.3) is 11.2 Å². The summed E-state index contributed by atoms with van der Waals surface area (Å²) in [6.07, 6.45) is 7.78. The fourth-order valence-electron chi connectivity index (χ4n) is 1.42. The summed E-state index contributed by atoms with van der Waals surface area (Å²) in [5.74, 6) is 0.713. The van der Waals surface area contributed by atoms with Gasteiger partial charge in [0.2, 0.25) is 0 Å². The Balaban J connectivity index is 0.000000111. The molecule has 2 aromatic rings. The summed E-state index contributed by atoms with van der Waals surface area (Å²) in [7, 11) is 0. The summed E-state index contributed by atoms with van der Waals surface area (Å²) in [4.78, 5) is 30.1. The fraction of sp³-hybridized carbons (Fsp3) is 0.100. The van der Waals surface area contributed by atoms with Crippen LogP contribution >= 0.6 is 0 Å². The Labute approximate surface area is 101 Å². The minimum Gasteiger partial charge on any atom is -0.342 e. The number of aliphatic imine (C=N–C) groups is 4. The number of rotatable bonds is 0. The molecule has 0 unspecified atom stereocenters. The first kappa shape index (κ1) is 10.4. The quantitative estimate of drug-likeness (QED) is 0.714. The average Bonchev–Trinajstić information content (AvgIpc) is 3.08. The number of imidazole rings is 1. The van der Waals surface area contributed by atoms with E-state index in [1.165, 1.54) is 19.0 Å². The largest absolute Gasteiger partial charge is 0.342 e. The van der Waals surface area contributed by atoms with Crippen molar-refractivity contribution in [2.45, 2.75) is 0 Å². The highest BCUT2D eigenvalue weighted by Crippen LogP contribution is 1.99. The maximum Gasteiger partial charge on any atom is 0.180 e. The van der Waals surface area contributed by atoms with E-state index in [-0.39, 0.29) is 0 Å². The fourth-order valence-corrected chi connectivity index (χ4v) is 1.42. The lowest BCUT2D eigenvalue weighted by molar-refractivity contribution is 1.20. The molecule has 2 aliphatic rings. The maximum atomic E-state index is 3.94. The summed E-state index contributed by atoms with van der Waals surface area (Å²) in [6, 6.07) is 0. The number of hydrogen-bond donors (Lipinski definition) is 1. The molecule has 0 amide bonds. The van der Waals surface area contributed by atoms with Crippen LogP contribution in [-0.2, 0) is 0 Å². The molecular formula is C10H8N8. The first-order chi connectivity index (χ1) is 8.93. The number of aromatic nitrogens is 4. The molecule has 4 rings (SSSR count). The van der Waals surface area contributed by atoms with Crippen molar-refractivity contribution < 1.29 is 0 Å². The van der Waals surface area contributed by atoms with E-state index in [1.54, 1.807) is 12.5 Å². The van der Waals surface area contributed by atoms with Gasteiger partial charge in [0, 0.05) is 0 Å². The van der Waals surface area contributed by atoms with Gasteiger partial charge in [0.05, 0.1) is 19.1 Å². The Bertz CT molecular complexity index is 648. The second-order valence-corrected chi connectivity index (χ2v) is 3.39. The van der Waals surface area contributed by atoms with Crippen LogP contribution in [-0.4, -0.2) is 50.7 Å². The van der Waals surface area contributed by atoms with Crippen molar-refractivity contribution in [3.63, 3.8) is 0 Å². The normalized spacial score (nSPS) is 15.8. The van der Waals surface area contributed by atoms with Gasteiger partial charge in [0.25, 0.3) is 0 Å². The molecule has 0 atom stereocenters. The Hall–Kier alpha value is -2.77. The molecule has 8 nitrogen and oxygen atoms in total. The van der Waals surface area contributed by atoms with Crippen molar-refractivity contribution in [3.05, 3.63) is 18.9 Å². The van der Waals surface area contributed by atoms with Crippen LogP contribution in [0.2, 0.25) is 0 Å². The highest BCUT2D eigenvalue weighted by atomic mass is 15.1. The number of hydrogen-bond acceptors (Lipinski definition) is 7. The van der Waals surface area contributed by atoms with Crippen LogP contribution in [0.5, 0.6) is 0 Å². The zero-order valence-electron chi connectivity index (χ0n) is 9.22. The molecule has 0 saturated carbocycles. The van der Waals surface area contributed by atoms with Gasteiger partial charge in [-0.1, -0.05) is 0 Å². The second kappa shape index (κ2) is 4.62. The summed E-state index contributed by atoms with van der Waals surface area (Å²) in [6.45, 7) is 0.624. The first-order valence-corrected chi connectivity index (χ1v) is 5.18. The van der Waals surface area contributed by atoms with E-state index < -0.39 is 0 Å². The molecule has 0 bridgehead atoms. The first-order valence-electron chi connectivity index (χ1n) is 5.18. The van der Waals surface area contributed by atoms with E-state index in [2.05, 4.69) is 39.9 Å². The highest BCUT2D eigenvalue weighted by molar-refractivity contribution is 6.48. The summed E-state index contributed by atoms with van der Waals surface area (Å²) in [5.41, 5.74) is 2.46. The van der Waals surface area contributed by atoms with Crippen LogP contribution in [0.1, 0.15) is 0 Å². The molecule has 0 fully saturated rings. The molecule has 18 heavy (non-hydrogen) atoms. The number of nitrogens with zero attached hydrogens (tertiary/aromatic N) is 7. The number of nitrogens with one attached hydrogen (secondary N) is 1. The van der Waals surface area contributed by atoms with Gasteiger partial charge >= 0.3 is 0 Å². The molecule has 2 aliphatic heterocycles. The third kappa shape index (κ3) is 2.03. The van der Waals surface area contributed by atoms with Crippen molar-refractivity contribution in [2.75, 3.05) is 6.54 Å². The molecule has 0 radical (unpaired) electrons. The zero-order chi connectivity index (χ0) is 12.2. The predicted molar refractivity (Wildman–Crippen MR) is 68.4 cm³/mol. The minimum absolute atomic E-state index is 0.624. The third-order valence-corrected chi connectivity index (χ3v) is 2.25. The number of H-pyrrole nitrogens is 1. The summed E-state index contributed by atoms with van der Waals surface area (Å²) in [5, 5.41) is 0. The van der Waals surface area contributed by atoms with Crippen molar-refractivity contribution in [3.8, 4) is 0 Å². The topological polar surface area (TPSA) is 104 Å². The predicted octanol–water partition coefficient (Wildman–Crippen LogP) is 0.263. The molecule has 8 heteroatoms. The zero-order valence-corrected chi connectivity index (χ0v) is 9.22. The number of aromatic amines is 1. The van der Waals surface area contributed by atoms with Gasteiger partial charge in [0.1, 0.15) is 30.2 Å². The van der Waals surface area contributed by atoms with Crippen molar-refractivity contribution in [1.29, 1.82) is 0 Å². The molecule has 2 aromatic heterocycles. The molecule has 0 aromatic carbocycles. The van der Waals surface area contributed by atoms with Crippen LogP contribution in [0.4, 0.5) is 0 Å². The Morgan fingerprint density at radius 3 is 3.00 bits per heavy atom. The second-order valence-electron chi connectivity index (χ2n) is 3.39. The average molecular weight is 240 g/mol. The lowest BCUT2D eigenvalue weighted by Crippen LogP contribution is -2.15. The molecule has 4 heterocycles. The summed E-state index contributed by atoms with van der Waals surface area (Å²) >= 11 is 0. The Kier molecular flexibility index (Phi) is 2.66. The van der Waals surface area contributed by atoms with E-state index in [4.69, 9.17) is 0 Å². The molecular weight excluding hydrogens is 232 g/mol. The molecule has 0 aliphatic carbocycles. The van der Waals surface area contributed by atoms with Crippen LogP contribution in [0, 0.1) is 0 Å². The smallest absolute Gasteiger partial charge is 0.180 e. The van der Waals surface area contributed by atoms with Crippen molar-refractivity contribution >= 4 is 35.4 Å². The lowest BCUT2D eigenvalue weighted by Gasteiger charge is -1.97. The van der Waals surface area contributed by atoms with Gasteiger partial charge < -0.3 is 4.98 Å². The molecule has 1 N–H and O–H groups in total. The van der Waals surface area contributed by atoms with Crippen LogP contribution in [0.15, 0.2) is 38.8 Å². The minimum atomic E-state index is 0.624. The van der Waals surface area contributed by atoms with E-state index in [9.17, 15) is 0 Å². The van der Waals surface area contributed by atoms with E-state index in [0.717, 1.165) is 11.2 Å². The van der Waals surface area contributed by atoms with Crippen molar-refractivity contribution in [2.24, 2.45) is 20.0 Å². The van der Waals surface area contributed by atoms with Gasteiger partial charge in [-0.15, -0.1) is 0 Å². The van der Waals surface area contributed by atoms with Crippen LogP contribution in [0.3, 0.4) is 0 Å². The SMILES string of the molecule is C1=NCC2=NC=NC2=N1.c1ncc2[nH]cnc2n1. The van der Waals surface area contributed by atoms with Crippen LogP contribution < -0.4 is 0 Å². The lowest BCUT2D eigenvalue weighted by atomic mass is 10.3. The van der Waals surface area contributed by atoms with Gasteiger partial charge in [-0.2, -0.15) is 0 Å². The van der Waals surface area contributed by atoms with Gasteiger partial charge in [0.15, 0.2) is 11.5 Å². The highest BCUT2D eigenvalue weighted by Gasteiger charge is 2.12. The molecule has 0 saturated heterocycles. The number of amidine groups is 1. The van der Waals surface area contributed by atoms with E-state index in [1.807, 2.05) is 0 Å². The molecule has 88 valence electrons. The van der Waals surface area contributed by atoms with Crippen molar-refractivity contribution in [1.82, 2.24) is 19.9 Å². The monoisotopic (exact) mass is 240 g/mol. The van der Waals surface area contributed by atoms with E-state index in [0.29, 0.717) is 18.0 Å². The Morgan fingerprint density at radius 1 is 1.11 bits per heavy atom. The standard InChI is InChI=1S/2C5H4N4/c2*1-4-5(8-2-6-1)9-3-7-4/h2-3H,1H2;1-3H,(H,6,7,8,9). The summed E-state index contributed by atoms with van der Waals surface area (Å²) < 4.78 is 0. The molecule has 0 spiro atoms. The van der Waals surface area contributed by atoms with Gasteiger partial charge in [-0.3, -0.25) is 4.99 Å². The van der Waals surface area contributed by atoms with Gasteiger partial charge in [-0.25, -0.2) is 29.9 Å². The van der Waals surface area contributed by atoms with E-state index >= 15 is 0 Å².